The first-order chi connectivity index (χ1) is 37.8. The number of carbonyl (C=O) groups is 5. The number of carbonyl (C=O) groups excluding carboxylic acids is 5. The summed E-state index contributed by atoms with van der Waals surface area (Å²) in [5.74, 6) is -3.38. The molecule has 18 nitrogen and oxygen atoms in total. The van der Waals surface area contributed by atoms with Gasteiger partial charge in [0.25, 0.3) is 10.0 Å². The van der Waals surface area contributed by atoms with Crippen LogP contribution in [0, 0.1) is 34.6 Å². The third-order valence-corrected chi connectivity index (χ3v) is 15.7. The number of nitrogens with zero attached hydrogens (tertiary/aromatic N) is 3. The number of hydrogen-bond donors (Lipinski definition) is 6. The van der Waals surface area contributed by atoms with Crippen LogP contribution in [-0.2, 0) is 78.6 Å². The second-order valence-corrected chi connectivity index (χ2v) is 24.1. The van der Waals surface area contributed by atoms with E-state index in [1.165, 1.54) is 12.1 Å². The zero-order chi connectivity index (χ0) is 61.2. The number of guanidine groups is 1. The van der Waals surface area contributed by atoms with Crippen molar-refractivity contribution in [2.24, 2.45) is 10.7 Å². The van der Waals surface area contributed by atoms with Crippen molar-refractivity contribution in [3.8, 4) is 11.5 Å². The third kappa shape index (κ3) is 15.9. The molecular weight excluding hydrogens is 1100 g/mol. The van der Waals surface area contributed by atoms with Gasteiger partial charge in [-0.25, -0.2) is 17.9 Å². The summed E-state index contributed by atoms with van der Waals surface area (Å²) in [4.78, 5) is 77.2. The minimum atomic E-state index is -5.14. The number of alkyl halides is 6. The van der Waals surface area contributed by atoms with E-state index >= 15 is 0 Å². The molecule has 0 bridgehead atoms. The van der Waals surface area contributed by atoms with Crippen LogP contribution in [0.5, 0.6) is 11.5 Å². The Balaban J connectivity index is 1.28. The molecule has 7 N–H and O–H groups in total. The molecule has 2 aliphatic rings. The van der Waals surface area contributed by atoms with E-state index in [2.05, 4.69) is 25.7 Å². The van der Waals surface area contributed by atoms with E-state index < -0.39 is 117 Å². The minimum absolute atomic E-state index is 0.0126. The van der Waals surface area contributed by atoms with Gasteiger partial charge in [-0.3, -0.25) is 24.2 Å². The summed E-state index contributed by atoms with van der Waals surface area (Å²) in [5, 5.41) is 18.3. The minimum Gasteiger partial charge on any atom is -0.508 e. The smallest absolute Gasteiger partial charge is 0.416 e. The summed E-state index contributed by atoms with van der Waals surface area (Å²) in [6.45, 7) is 15.3. The first-order valence-electron chi connectivity index (χ1n) is 26.3. The zero-order valence-corrected chi connectivity index (χ0v) is 48.3. The number of phenols is 1. The molecule has 82 heavy (non-hydrogen) atoms. The number of ether oxygens (including phenoxy) is 2. The van der Waals surface area contributed by atoms with Crippen LogP contribution in [0.15, 0.2) is 64.5 Å². The second-order valence-electron chi connectivity index (χ2n) is 22.5. The van der Waals surface area contributed by atoms with E-state index in [0.29, 0.717) is 68.8 Å². The number of aryl methyl sites for hydroxylation is 2. The summed E-state index contributed by atoms with van der Waals surface area (Å²) in [5.41, 5.74) is 6.17. The first kappa shape index (κ1) is 63.6. The second kappa shape index (κ2) is 24.5. The third-order valence-electron chi connectivity index (χ3n) is 14.1. The van der Waals surface area contributed by atoms with E-state index in [1.807, 2.05) is 13.8 Å². The highest BCUT2D eigenvalue weighted by Crippen LogP contribution is 2.44. The number of benzene rings is 4. The number of aromatic hydroxyl groups is 1. The SMILES string of the molecule is Cc1cc(O)cc(C)c1C[C@H](NC(=O)OC(C)(C)C)C(=O)N[C@H](CCCN=C(N)NS(=O)(=O)c1c(C)c(C)c2c(c1C)CC(C)(C)O2)C(=O)N[C@H]1Cc2ccccc2CN(CC(=O)N(C)Cc2cc(C(F)(F)F)cc(C(F)(F)F)c2)C1=O. The van der Waals surface area contributed by atoms with E-state index in [1.54, 1.807) is 79.7 Å². The lowest BCUT2D eigenvalue weighted by molar-refractivity contribution is -0.143. The standard InChI is InChI=1S/C57H70F6N8O10S/c1-30-19-40(72)20-31(2)41(30)25-44(68-53(77)81-54(6,7)8)50(75)66-43(17-14-18-65-52(64)69-82(78,79)48-33(4)32(3)47-42(34(48)5)26-55(9,10)80-47)49(74)67-45-23-36-15-12-13-16-37(36)28-71(51(45)76)29-46(73)70(11)27-35-21-38(56(58,59)60)24-39(22-35)57(61,62)63/h12-13,15-16,19-22,24,43-45,72H,14,17-18,23,25-29H2,1-11H3,(H,66,75)(H,67,74)(H,68,77)(H3,64,65,69)/t43-,44+,45+/m1/s1. The van der Waals surface area contributed by atoms with Gasteiger partial charge in [0.2, 0.25) is 29.6 Å². The van der Waals surface area contributed by atoms with E-state index in [0.717, 1.165) is 22.4 Å². The van der Waals surface area contributed by atoms with Crippen molar-refractivity contribution < 1.29 is 73.3 Å². The summed E-state index contributed by atoms with van der Waals surface area (Å²) in [6.07, 6.45) is -11.4. The fourth-order valence-corrected chi connectivity index (χ4v) is 11.6. The van der Waals surface area contributed by atoms with Crippen molar-refractivity contribution in [1.82, 2.24) is 30.5 Å². The molecule has 0 aromatic heterocycles. The van der Waals surface area contributed by atoms with Crippen molar-refractivity contribution in [3.63, 3.8) is 0 Å². The Morgan fingerprint density at radius 3 is 2.06 bits per heavy atom. The van der Waals surface area contributed by atoms with Crippen LogP contribution in [0.3, 0.4) is 0 Å². The number of aliphatic imine (C=N–C) groups is 1. The van der Waals surface area contributed by atoms with Crippen molar-refractivity contribution >= 4 is 45.7 Å². The van der Waals surface area contributed by atoms with Gasteiger partial charge < -0.3 is 46.1 Å². The Morgan fingerprint density at radius 1 is 0.878 bits per heavy atom. The Hall–Kier alpha value is -7.57. The molecule has 25 heteroatoms. The predicted molar refractivity (Wildman–Crippen MR) is 292 cm³/mol. The molecule has 3 atom stereocenters. The summed E-state index contributed by atoms with van der Waals surface area (Å²) >= 11 is 0. The molecule has 0 saturated heterocycles. The van der Waals surface area contributed by atoms with Gasteiger partial charge in [-0.15, -0.1) is 0 Å². The van der Waals surface area contributed by atoms with Gasteiger partial charge in [-0.2, -0.15) is 26.3 Å². The molecule has 0 fully saturated rings. The molecule has 0 unspecified atom stereocenters. The van der Waals surface area contributed by atoms with E-state index in [9.17, 15) is 63.8 Å². The molecule has 2 heterocycles. The fourth-order valence-electron chi connectivity index (χ4n) is 10.1. The molecule has 4 aromatic rings. The lowest BCUT2D eigenvalue weighted by Crippen LogP contribution is -2.58. The fraction of sp³-hybridized carbons (Fsp3) is 0.474. The largest absolute Gasteiger partial charge is 0.508 e. The molecule has 5 amide bonds. The molecular formula is C57H70F6N8O10S. The Labute approximate surface area is 472 Å². The van der Waals surface area contributed by atoms with Crippen LogP contribution in [0.4, 0.5) is 31.1 Å². The van der Waals surface area contributed by atoms with Crippen molar-refractivity contribution in [1.29, 1.82) is 0 Å². The number of rotatable bonds is 17. The number of nitrogens with one attached hydrogen (secondary N) is 4. The quantitative estimate of drug-likeness (QED) is 0.0263. The van der Waals surface area contributed by atoms with Crippen molar-refractivity contribution in [2.75, 3.05) is 20.1 Å². The molecule has 2 aliphatic heterocycles. The molecule has 0 saturated carbocycles. The highest BCUT2D eigenvalue weighted by Gasteiger charge is 2.40. The maximum atomic E-state index is 14.7. The number of hydrogen-bond acceptors (Lipinski definition) is 11. The van der Waals surface area contributed by atoms with Crippen LogP contribution in [0.2, 0.25) is 0 Å². The van der Waals surface area contributed by atoms with Crippen molar-refractivity contribution in [3.05, 3.63) is 121 Å². The normalized spacial score (nSPS) is 16.2. The van der Waals surface area contributed by atoms with Gasteiger partial charge in [0.05, 0.1) is 16.0 Å². The topological polar surface area (TPSA) is 251 Å². The van der Waals surface area contributed by atoms with Gasteiger partial charge in [-0.1, -0.05) is 24.3 Å². The Kier molecular flexibility index (Phi) is 19.0. The van der Waals surface area contributed by atoms with Crippen LogP contribution < -0.4 is 31.1 Å². The molecule has 6 rings (SSSR count). The maximum absolute atomic E-state index is 14.7. The number of likely N-dealkylation sites (N-methyl/N-ethyl adjacent to an activating group) is 1. The average Bonchev–Trinajstić information content (AvgIpc) is 3.74. The van der Waals surface area contributed by atoms with Crippen LogP contribution in [0.1, 0.15) is 114 Å². The predicted octanol–water partition coefficient (Wildman–Crippen LogP) is 7.41. The van der Waals surface area contributed by atoms with Gasteiger partial charge >= 0.3 is 18.4 Å². The number of halogens is 6. The van der Waals surface area contributed by atoms with Gasteiger partial charge in [-0.05, 0) is 162 Å². The van der Waals surface area contributed by atoms with E-state index in [4.69, 9.17) is 15.2 Å². The van der Waals surface area contributed by atoms with Crippen LogP contribution in [-0.4, -0.2) is 108 Å². The lowest BCUT2D eigenvalue weighted by atomic mass is 9.94. The number of sulfonamides is 1. The van der Waals surface area contributed by atoms with Gasteiger partial charge in [0.15, 0.2) is 0 Å². The maximum Gasteiger partial charge on any atom is 0.416 e. The monoisotopic (exact) mass is 1170 g/mol. The highest BCUT2D eigenvalue weighted by atomic mass is 32.2. The molecule has 446 valence electrons. The average molecular weight is 1170 g/mol. The van der Waals surface area contributed by atoms with Crippen molar-refractivity contribution in [2.45, 2.75) is 161 Å². The number of nitrogens with two attached hydrogens (primary N) is 1. The van der Waals surface area contributed by atoms with Gasteiger partial charge in [0, 0.05) is 51.5 Å². The Bertz CT molecular complexity index is 3230. The molecule has 4 aromatic carbocycles. The first-order valence-corrected chi connectivity index (χ1v) is 27.7. The zero-order valence-electron chi connectivity index (χ0n) is 47.5. The molecule has 0 radical (unpaired) electrons. The van der Waals surface area contributed by atoms with E-state index in [-0.39, 0.29) is 55.5 Å². The summed E-state index contributed by atoms with van der Waals surface area (Å²) in [7, 11) is -3.17. The number of phenolic OH excluding ortho intramolecular Hbond substituents is 1. The molecule has 0 spiro atoms. The Morgan fingerprint density at radius 2 is 1.48 bits per heavy atom. The summed E-state index contributed by atoms with van der Waals surface area (Å²) < 4.78 is 124. The summed E-state index contributed by atoms with van der Waals surface area (Å²) in [6, 6.07) is 6.24. The number of fused-ring (bicyclic) bond motifs is 2. The molecule has 0 aliphatic carbocycles. The lowest BCUT2D eigenvalue weighted by Gasteiger charge is -2.29. The van der Waals surface area contributed by atoms with Gasteiger partial charge in [0.1, 0.15) is 47.4 Å². The number of alkyl carbamates (subject to hydrolysis) is 1. The van der Waals surface area contributed by atoms with Crippen LogP contribution in [0.25, 0.3) is 0 Å². The number of amides is 5. The highest BCUT2D eigenvalue weighted by molar-refractivity contribution is 7.90. The van der Waals surface area contributed by atoms with Crippen LogP contribution >= 0.6 is 0 Å².